The number of aryl methyl sites for hydroxylation is 1. The van der Waals surface area contributed by atoms with Crippen molar-refractivity contribution in [3.8, 4) is 11.3 Å². The Hall–Kier alpha value is -2.07. The van der Waals surface area contributed by atoms with Gasteiger partial charge in [0.15, 0.2) is 0 Å². The van der Waals surface area contributed by atoms with Crippen LogP contribution < -0.4 is 5.32 Å². The first-order chi connectivity index (χ1) is 9.22. The van der Waals surface area contributed by atoms with Crippen LogP contribution in [0, 0.1) is 6.92 Å². The molecule has 0 aliphatic carbocycles. The zero-order valence-corrected chi connectivity index (χ0v) is 11.5. The quantitative estimate of drug-likeness (QED) is 0.754. The van der Waals surface area contributed by atoms with E-state index in [2.05, 4.69) is 40.1 Å². The predicted octanol–water partition coefficient (Wildman–Crippen LogP) is 2.60. The Morgan fingerprint density at radius 2 is 2.11 bits per heavy atom. The second-order valence-electron chi connectivity index (χ2n) is 4.79. The molecule has 2 heterocycles. The molecule has 1 aromatic carbocycles. The van der Waals surface area contributed by atoms with Gasteiger partial charge in [0.1, 0.15) is 5.82 Å². The zero-order valence-electron chi connectivity index (χ0n) is 11.5. The lowest BCUT2D eigenvalue weighted by molar-refractivity contribution is 0.722. The molecule has 4 heteroatoms. The fourth-order valence-electron chi connectivity index (χ4n) is 2.51. The number of fused-ring (bicyclic) bond motifs is 1. The standard InChI is InChI=1S/C15H18N4/c1-10-18-15(14(9-16-2)19(10)3)12-8-17-13-7-5-4-6-11(12)13/h4-8,16-17H,9H2,1-3H3. The van der Waals surface area contributed by atoms with E-state index in [4.69, 9.17) is 4.98 Å². The highest BCUT2D eigenvalue weighted by Crippen LogP contribution is 2.30. The van der Waals surface area contributed by atoms with E-state index in [9.17, 15) is 0 Å². The van der Waals surface area contributed by atoms with Crippen molar-refractivity contribution in [1.82, 2.24) is 19.9 Å². The largest absolute Gasteiger partial charge is 0.360 e. The summed E-state index contributed by atoms with van der Waals surface area (Å²) in [5, 5.41) is 4.44. The third-order valence-electron chi connectivity index (χ3n) is 3.63. The molecule has 0 radical (unpaired) electrons. The van der Waals surface area contributed by atoms with Crippen LogP contribution >= 0.6 is 0 Å². The summed E-state index contributed by atoms with van der Waals surface area (Å²) >= 11 is 0. The summed E-state index contributed by atoms with van der Waals surface area (Å²) in [4.78, 5) is 8.04. The van der Waals surface area contributed by atoms with Gasteiger partial charge in [0.2, 0.25) is 0 Å². The highest BCUT2D eigenvalue weighted by molar-refractivity contribution is 5.95. The van der Waals surface area contributed by atoms with E-state index < -0.39 is 0 Å². The summed E-state index contributed by atoms with van der Waals surface area (Å²) in [6.07, 6.45) is 2.05. The number of para-hydroxylation sites is 1. The number of aromatic nitrogens is 3. The molecule has 0 amide bonds. The molecule has 2 N–H and O–H groups in total. The molecule has 19 heavy (non-hydrogen) atoms. The second kappa shape index (κ2) is 4.55. The molecule has 98 valence electrons. The second-order valence-corrected chi connectivity index (χ2v) is 4.79. The van der Waals surface area contributed by atoms with E-state index in [0.717, 1.165) is 23.6 Å². The fraction of sp³-hybridized carbons (Fsp3) is 0.267. The summed E-state index contributed by atoms with van der Waals surface area (Å²) in [6.45, 7) is 2.85. The van der Waals surface area contributed by atoms with Gasteiger partial charge in [0.25, 0.3) is 0 Å². The van der Waals surface area contributed by atoms with Crippen LogP contribution in [0.1, 0.15) is 11.5 Å². The van der Waals surface area contributed by atoms with Crippen molar-refractivity contribution in [3.63, 3.8) is 0 Å². The molecule has 3 aromatic rings. The van der Waals surface area contributed by atoms with Gasteiger partial charge in [0, 0.05) is 36.3 Å². The molecular formula is C15H18N4. The smallest absolute Gasteiger partial charge is 0.106 e. The third kappa shape index (κ3) is 1.85. The van der Waals surface area contributed by atoms with Crippen molar-refractivity contribution in [3.05, 3.63) is 42.0 Å². The first-order valence-electron chi connectivity index (χ1n) is 6.45. The maximum absolute atomic E-state index is 4.72. The number of benzene rings is 1. The molecule has 0 saturated carbocycles. The molecule has 0 unspecified atom stereocenters. The van der Waals surface area contributed by atoms with Crippen LogP contribution in [-0.4, -0.2) is 21.6 Å². The molecule has 0 bridgehead atoms. The van der Waals surface area contributed by atoms with Crippen LogP contribution in [0.25, 0.3) is 22.2 Å². The van der Waals surface area contributed by atoms with Crippen molar-refractivity contribution in [2.24, 2.45) is 7.05 Å². The minimum atomic E-state index is 0.812. The van der Waals surface area contributed by atoms with Crippen LogP contribution in [0.3, 0.4) is 0 Å². The average Bonchev–Trinajstić information content (AvgIpc) is 2.95. The first-order valence-corrected chi connectivity index (χ1v) is 6.45. The van der Waals surface area contributed by atoms with Crippen molar-refractivity contribution in [1.29, 1.82) is 0 Å². The molecule has 0 atom stereocenters. The van der Waals surface area contributed by atoms with E-state index in [1.807, 2.05) is 26.2 Å². The fourth-order valence-corrected chi connectivity index (χ4v) is 2.51. The van der Waals surface area contributed by atoms with Crippen molar-refractivity contribution >= 4 is 10.9 Å². The Morgan fingerprint density at radius 3 is 2.89 bits per heavy atom. The number of imidazole rings is 1. The van der Waals surface area contributed by atoms with Gasteiger partial charge in [-0.3, -0.25) is 0 Å². The van der Waals surface area contributed by atoms with Crippen molar-refractivity contribution in [2.45, 2.75) is 13.5 Å². The van der Waals surface area contributed by atoms with Gasteiger partial charge in [-0.1, -0.05) is 18.2 Å². The molecule has 0 saturated heterocycles. The van der Waals surface area contributed by atoms with Gasteiger partial charge < -0.3 is 14.9 Å². The van der Waals surface area contributed by atoms with Crippen LogP contribution in [0.15, 0.2) is 30.5 Å². The molecule has 4 nitrogen and oxygen atoms in total. The van der Waals surface area contributed by atoms with Crippen molar-refractivity contribution < 1.29 is 0 Å². The van der Waals surface area contributed by atoms with E-state index >= 15 is 0 Å². The zero-order chi connectivity index (χ0) is 13.4. The topological polar surface area (TPSA) is 45.6 Å². The van der Waals surface area contributed by atoms with Gasteiger partial charge in [-0.05, 0) is 20.0 Å². The molecule has 0 spiro atoms. The number of nitrogens with one attached hydrogen (secondary N) is 2. The van der Waals surface area contributed by atoms with Crippen LogP contribution in [0.2, 0.25) is 0 Å². The van der Waals surface area contributed by atoms with Crippen LogP contribution in [0.4, 0.5) is 0 Å². The Kier molecular flexibility index (Phi) is 2.87. The van der Waals surface area contributed by atoms with E-state index in [1.54, 1.807) is 0 Å². The average molecular weight is 254 g/mol. The van der Waals surface area contributed by atoms with E-state index in [-0.39, 0.29) is 0 Å². The molecule has 3 rings (SSSR count). The Bertz CT molecular complexity index is 721. The van der Waals surface area contributed by atoms with Gasteiger partial charge in [-0.2, -0.15) is 0 Å². The molecule has 0 fully saturated rings. The summed E-state index contributed by atoms with van der Waals surface area (Å²) < 4.78 is 2.15. The Balaban J connectivity index is 2.24. The summed E-state index contributed by atoms with van der Waals surface area (Å²) in [5.41, 5.74) is 4.59. The maximum atomic E-state index is 4.72. The van der Waals surface area contributed by atoms with Crippen LogP contribution in [0.5, 0.6) is 0 Å². The molecule has 2 aromatic heterocycles. The number of nitrogens with zero attached hydrogens (tertiary/aromatic N) is 2. The lowest BCUT2D eigenvalue weighted by Crippen LogP contribution is -2.10. The number of hydrogen-bond donors (Lipinski definition) is 2. The monoisotopic (exact) mass is 254 g/mol. The molecular weight excluding hydrogens is 236 g/mol. The number of rotatable bonds is 3. The SMILES string of the molecule is CNCc1c(-c2c[nH]c3ccccc23)nc(C)n1C. The summed E-state index contributed by atoms with van der Waals surface area (Å²) in [5.74, 6) is 1.03. The van der Waals surface area contributed by atoms with Crippen molar-refractivity contribution in [2.75, 3.05) is 7.05 Å². The Labute approximate surface area is 112 Å². The first kappa shape index (κ1) is 12.0. The summed E-state index contributed by atoms with van der Waals surface area (Å²) in [6, 6.07) is 8.33. The lowest BCUT2D eigenvalue weighted by Gasteiger charge is -2.05. The highest BCUT2D eigenvalue weighted by Gasteiger charge is 2.16. The third-order valence-corrected chi connectivity index (χ3v) is 3.63. The number of H-pyrrole nitrogens is 1. The number of hydrogen-bond acceptors (Lipinski definition) is 2. The van der Waals surface area contributed by atoms with Crippen LogP contribution in [-0.2, 0) is 13.6 Å². The van der Waals surface area contributed by atoms with Gasteiger partial charge in [-0.15, -0.1) is 0 Å². The van der Waals surface area contributed by atoms with E-state index in [0.29, 0.717) is 0 Å². The number of aromatic amines is 1. The van der Waals surface area contributed by atoms with Gasteiger partial charge in [-0.25, -0.2) is 4.98 Å². The minimum absolute atomic E-state index is 0.812. The minimum Gasteiger partial charge on any atom is -0.360 e. The maximum Gasteiger partial charge on any atom is 0.106 e. The van der Waals surface area contributed by atoms with Gasteiger partial charge in [0.05, 0.1) is 11.4 Å². The lowest BCUT2D eigenvalue weighted by atomic mass is 10.1. The van der Waals surface area contributed by atoms with Gasteiger partial charge >= 0.3 is 0 Å². The molecule has 0 aliphatic rings. The normalized spacial score (nSPS) is 11.3. The predicted molar refractivity (Wildman–Crippen MR) is 78.0 cm³/mol. The van der Waals surface area contributed by atoms with E-state index in [1.165, 1.54) is 16.6 Å². The summed E-state index contributed by atoms with van der Waals surface area (Å²) in [7, 11) is 4.02. The Morgan fingerprint density at radius 1 is 1.32 bits per heavy atom. The molecule has 0 aliphatic heterocycles. The highest BCUT2D eigenvalue weighted by atomic mass is 15.1.